The van der Waals surface area contributed by atoms with Gasteiger partial charge in [-0.3, -0.25) is 4.98 Å². The maximum atomic E-state index is 11.2. The first-order chi connectivity index (χ1) is 13.0. The number of aromatic nitrogens is 1. The van der Waals surface area contributed by atoms with E-state index in [0.29, 0.717) is 24.8 Å². The molecule has 7 nitrogen and oxygen atoms in total. The Bertz CT molecular complexity index is 927. The van der Waals surface area contributed by atoms with E-state index in [1.165, 1.54) is 10.6 Å². The third-order valence-electron chi connectivity index (χ3n) is 3.53. The molecule has 156 valence electrons. The predicted octanol–water partition coefficient (Wildman–Crippen LogP) is 2.43. The van der Waals surface area contributed by atoms with Crippen molar-refractivity contribution < 1.29 is 16.8 Å². The molecule has 2 aromatic rings. The summed E-state index contributed by atoms with van der Waals surface area (Å²) in [4.78, 5) is 4.12. The zero-order chi connectivity index (χ0) is 21.4. The molecule has 0 saturated carbocycles. The zero-order valence-electron chi connectivity index (χ0n) is 15.5. The number of primary sulfonamides is 1. The van der Waals surface area contributed by atoms with Gasteiger partial charge in [0.2, 0.25) is 20.0 Å². The Morgan fingerprint density at radius 3 is 1.86 bits per heavy atom. The molecule has 0 radical (unpaired) electrons. The Labute approximate surface area is 176 Å². The maximum Gasteiger partial charge on any atom is 0.211 e. The smallest absolute Gasteiger partial charge is 0.211 e. The molecule has 1 aliphatic rings. The number of fused-ring (bicyclic) bond motifs is 1. The summed E-state index contributed by atoms with van der Waals surface area (Å²) in [6.07, 6.45) is 3.84. The van der Waals surface area contributed by atoms with Crippen molar-refractivity contribution in [1.29, 1.82) is 0 Å². The van der Waals surface area contributed by atoms with Crippen LogP contribution in [0.15, 0.2) is 42.6 Å². The van der Waals surface area contributed by atoms with Crippen LogP contribution in [-0.4, -0.2) is 38.6 Å². The van der Waals surface area contributed by atoms with Crippen LogP contribution in [0, 0.1) is 0 Å². The Morgan fingerprint density at radius 2 is 1.46 bits per heavy atom. The molecule has 0 amide bonds. The topological polar surface area (TPSA) is 110 Å². The molecular formula is C17H23Cl2N3O4S2. The standard InChI is InChI=1S/C8H8Cl2.C8H10N2O2S.CH5NO2S/c9-5-7-3-1-2-4-8(7)6-10;1-13(11,12)10-5-7-3-2-4-9-8(7)6-10;1-5(2,3)4/h1-4H,5-6H2;2-4H,5-6H2,1H3;1H3,(H2,2,3,4). The lowest BCUT2D eigenvalue weighted by Gasteiger charge is -2.09. The van der Waals surface area contributed by atoms with Crippen molar-refractivity contribution in [1.82, 2.24) is 9.29 Å². The lowest BCUT2D eigenvalue weighted by atomic mass is 10.1. The molecule has 1 aromatic heterocycles. The monoisotopic (exact) mass is 467 g/mol. The number of pyridine rings is 1. The zero-order valence-corrected chi connectivity index (χ0v) is 18.7. The molecule has 1 aliphatic heterocycles. The largest absolute Gasteiger partial charge is 0.260 e. The van der Waals surface area contributed by atoms with Gasteiger partial charge in [-0.15, -0.1) is 23.2 Å². The van der Waals surface area contributed by atoms with E-state index in [1.807, 2.05) is 36.4 Å². The summed E-state index contributed by atoms with van der Waals surface area (Å²) in [5.74, 6) is 1.09. The van der Waals surface area contributed by atoms with Gasteiger partial charge in [-0.05, 0) is 22.8 Å². The Kier molecular flexibility index (Phi) is 9.82. The van der Waals surface area contributed by atoms with Crippen LogP contribution in [-0.2, 0) is 44.9 Å². The summed E-state index contributed by atoms with van der Waals surface area (Å²) in [6, 6.07) is 11.6. The molecule has 0 unspecified atom stereocenters. The fourth-order valence-corrected chi connectivity index (χ4v) is 3.48. The SMILES string of the molecule is CS(=O)(=O)N1Cc2cccnc2C1.CS(N)(=O)=O.ClCc1ccccc1CCl. The van der Waals surface area contributed by atoms with E-state index in [-0.39, 0.29) is 0 Å². The first-order valence-electron chi connectivity index (χ1n) is 8.00. The van der Waals surface area contributed by atoms with Crippen LogP contribution < -0.4 is 5.14 Å². The van der Waals surface area contributed by atoms with Crippen LogP contribution in [0.2, 0.25) is 0 Å². The van der Waals surface area contributed by atoms with Gasteiger partial charge in [-0.25, -0.2) is 22.0 Å². The number of sulfonamides is 2. The summed E-state index contributed by atoms with van der Waals surface area (Å²) in [7, 11) is -6.24. The van der Waals surface area contributed by atoms with Gasteiger partial charge in [0.1, 0.15) is 0 Å². The fourth-order valence-electron chi connectivity index (χ4n) is 2.22. The minimum Gasteiger partial charge on any atom is -0.260 e. The summed E-state index contributed by atoms with van der Waals surface area (Å²) in [5.41, 5.74) is 4.12. The number of hydrogen-bond acceptors (Lipinski definition) is 5. The maximum absolute atomic E-state index is 11.2. The second-order valence-electron chi connectivity index (χ2n) is 6.01. The van der Waals surface area contributed by atoms with Crippen LogP contribution in [0.25, 0.3) is 0 Å². The molecule has 11 heteroatoms. The number of hydrogen-bond donors (Lipinski definition) is 1. The van der Waals surface area contributed by atoms with Gasteiger partial charge in [0.05, 0.1) is 24.8 Å². The number of benzene rings is 1. The summed E-state index contributed by atoms with van der Waals surface area (Å²) in [5, 5.41) is 4.33. The highest BCUT2D eigenvalue weighted by Crippen LogP contribution is 2.21. The highest BCUT2D eigenvalue weighted by molar-refractivity contribution is 7.88. The molecular weight excluding hydrogens is 445 g/mol. The first-order valence-corrected chi connectivity index (χ1v) is 12.9. The number of nitrogens with two attached hydrogens (primary N) is 1. The van der Waals surface area contributed by atoms with Crippen molar-refractivity contribution in [3.05, 3.63) is 65.0 Å². The van der Waals surface area contributed by atoms with Gasteiger partial charge >= 0.3 is 0 Å². The van der Waals surface area contributed by atoms with Crippen LogP contribution in [0.5, 0.6) is 0 Å². The van der Waals surface area contributed by atoms with Gasteiger partial charge in [-0.1, -0.05) is 30.3 Å². The van der Waals surface area contributed by atoms with Gasteiger partial charge in [0.25, 0.3) is 0 Å². The molecule has 0 spiro atoms. The van der Waals surface area contributed by atoms with Crippen molar-refractivity contribution >= 4 is 43.2 Å². The van der Waals surface area contributed by atoms with Crippen LogP contribution in [0.1, 0.15) is 22.4 Å². The third kappa shape index (κ3) is 9.31. The quantitative estimate of drug-likeness (QED) is 0.696. The Morgan fingerprint density at radius 1 is 0.964 bits per heavy atom. The number of halogens is 2. The molecule has 28 heavy (non-hydrogen) atoms. The highest BCUT2D eigenvalue weighted by atomic mass is 35.5. The minimum atomic E-state index is -3.17. The molecule has 3 rings (SSSR count). The first kappa shape index (κ1) is 24.8. The second-order valence-corrected chi connectivity index (χ2v) is 10.2. The minimum absolute atomic E-state index is 0.412. The fraction of sp³-hybridized carbons (Fsp3) is 0.353. The predicted molar refractivity (Wildman–Crippen MR) is 113 cm³/mol. The van der Waals surface area contributed by atoms with Crippen molar-refractivity contribution in [2.45, 2.75) is 24.8 Å². The summed E-state index contributed by atoms with van der Waals surface area (Å²) in [6.45, 7) is 0.872. The summed E-state index contributed by atoms with van der Waals surface area (Å²) >= 11 is 11.3. The van der Waals surface area contributed by atoms with E-state index in [4.69, 9.17) is 23.2 Å². The molecule has 0 saturated heterocycles. The van der Waals surface area contributed by atoms with Gasteiger partial charge in [-0.2, -0.15) is 4.31 Å². The van der Waals surface area contributed by atoms with E-state index in [0.717, 1.165) is 28.6 Å². The second kappa shape index (κ2) is 11.1. The molecule has 0 fully saturated rings. The Hall–Kier alpha value is -1.23. The number of rotatable bonds is 3. The molecule has 1 aromatic carbocycles. The van der Waals surface area contributed by atoms with Crippen LogP contribution in [0.3, 0.4) is 0 Å². The van der Waals surface area contributed by atoms with E-state index >= 15 is 0 Å². The molecule has 0 bridgehead atoms. The number of alkyl halides is 2. The van der Waals surface area contributed by atoms with E-state index in [9.17, 15) is 16.8 Å². The van der Waals surface area contributed by atoms with Gasteiger partial charge in [0, 0.05) is 24.5 Å². The van der Waals surface area contributed by atoms with Crippen molar-refractivity contribution in [3.8, 4) is 0 Å². The molecule has 0 atom stereocenters. The lowest BCUT2D eigenvalue weighted by molar-refractivity contribution is 0.434. The van der Waals surface area contributed by atoms with E-state index < -0.39 is 20.0 Å². The molecule has 2 N–H and O–H groups in total. The van der Waals surface area contributed by atoms with Crippen LogP contribution >= 0.6 is 23.2 Å². The number of nitrogens with zero attached hydrogens (tertiary/aromatic N) is 2. The highest BCUT2D eigenvalue weighted by Gasteiger charge is 2.26. The van der Waals surface area contributed by atoms with Gasteiger partial charge in [0.15, 0.2) is 0 Å². The summed E-state index contributed by atoms with van der Waals surface area (Å²) < 4.78 is 42.6. The third-order valence-corrected chi connectivity index (χ3v) is 5.30. The Balaban J connectivity index is 0.000000233. The molecule has 0 aliphatic carbocycles. The van der Waals surface area contributed by atoms with Crippen molar-refractivity contribution in [2.75, 3.05) is 12.5 Å². The average Bonchev–Trinajstić information content (AvgIpc) is 3.05. The van der Waals surface area contributed by atoms with Crippen molar-refractivity contribution in [3.63, 3.8) is 0 Å². The lowest BCUT2D eigenvalue weighted by Crippen LogP contribution is -2.23. The van der Waals surface area contributed by atoms with E-state index in [2.05, 4.69) is 10.1 Å². The van der Waals surface area contributed by atoms with Gasteiger partial charge < -0.3 is 0 Å². The van der Waals surface area contributed by atoms with E-state index in [1.54, 1.807) is 6.20 Å². The van der Waals surface area contributed by atoms with Crippen molar-refractivity contribution in [2.24, 2.45) is 5.14 Å². The molecule has 2 heterocycles. The average molecular weight is 468 g/mol. The van der Waals surface area contributed by atoms with Crippen LogP contribution in [0.4, 0.5) is 0 Å². The normalized spacial score (nSPS) is 13.6.